The first-order valence-electron chi connectivity index (χ1n) is 7.10. The van der Waals surface area contributed by atoms with E-state index in [1.807, 2.05) is 6.92 Å². The molecule has 1 aromatic carbocycles. The van der Waals surface area contributed by atoms with Gasteiger partial charge in [0.1, 0.15) is 29.7 Å². The van der Waals surface area contributed by atoms with Crippen LogP contribution in [0.15, 0.2) is 41.0 Å². The van der Waals surface area contributed by atoms with Gasteiger partial charge < -0.3 is 20.2 Å². The number of nitrogens with two attached hydrogens (primary N) is 1. The summed E-state index contributed by atoms with van der Waals surface area (Å²) in [6.07, 6.45) is 1.80. The third-order valence-electron chi connectivity index (χ3n) is 3.16. The van der Waals surface area contributed by atoms with Crippen LogP contribution in [0.25, 0.3) is 0 Å². The zero-order valence-electron chi connectivity index (χ0n) is 12.3. The Morgan fingerprint density at radius 2 is 2.27 bits per heavy atom. The molecule has 2 aromatic rings. The smallest absolute Gasteiger partial charge is 0.254 e. The largest absolute Gasteiger partial charge is 0.489 e. The third-order valence-corrected chi connectivity index (χ3v) is 3.16. The van der Waals surface area contributed by atoms with E-state index in [0.717, 1.165) is 0 Å². The number of nitrogens with one attached hydrogen (secondary N) is 1. The zero-order chi connectivity index (χ0) is 15.9. The van der Waals surface area contributed by atoms with Gasteiger partial charge >= 0.3 is 0 Å². The van der Waals surface area contributed by atoms with E-state index in [9.17, 15) is 9.18 Å². The predicted molar refractivity (Wildman–Crippen MR) is 80.0 cm³/mol. The van der Waals surface area contributed by atoms with Crippen LogP contribution >= 0.6 is 0 Å². The van der Waals surface area contributed by atoms with Crippen molar-refractivity contribution in [2.75, 3.05) is 6.54 Å². The van der Waals surface area contributed by atoms with Crippen molar-refractivity contribution in [2.24, 2.45) is 5.73 Å². The monoisotopic (exact) mass is 306 g/mol. The van der Waals surface area contributed by atoms with Gasteiger partial charge in [0.2, 0.25) is 0 Å². The van der Waals surface area contributed by atoms with Crippen LogP contribution in [-0.4, -0.2) is 18.6 Å². The molecule has 0 aliphatic rings. The number of rotatable bonds is 7. The second-order valence-electron chi connectivity index (χ2n) is 4.82. The Labute approximate surface area is 128 Å². The number of halogens is 1. The van der Waals surface area contributed by atoms with E-state index in [-0.39, 0.29) is 24.4 Å². The van der Waals surface area contributed by atoms with E-state index in [2.05, 4.69) is 5.32 Å². The molecule has 0 saturated carbocycles. The lowest BCUT2D eigenvalue weighted by Crippen LogP contribution is -2.34. The molecule has 1 heterocycles. The topological polar surface area (TPSA) is 77.5 Å². The summed E-state index contributed by atoms with van der Waals surface area (Å²) in [6, 6.07) is 7.52. The van der Waals surface area contributed by atoms with Crippen LogP contribution in [0, 0.1) is 5.82 Å². The van der Waals surface area contributed by atoms with Gasteiger partial charge in [-0.05, 0) is 24.6 Å². The first-order valence-corrected chi connectivity index (χ1v) is 7.10. The summed E-state index contributed by atoms with van der Waals surface area (Å²) < 4.78 is 23.9. The highest BCUT2D eigenvalue weighted by Crippen LogP contribution is 2.15. The highest BCUT2D eigenvalue weighted by molar-refractivity contribution is 5.93. The van der Waals surface area contributed by atoms with Crippen molar-refractivity contribution in [3.05, 3.63) is 53.7 Å². The Morgan fingerprint density at radius 1 is 1.45 bits per heavy atom. The molecule has 0 fully saturated rings. The summed E-state index contributed by atoms with van der Waals surface area (Å²) in [5, 5.41) is 2.76. The van der Waals surface area contributed by atoms with Crippen molar-refractivity contribution in [2.45, 2.75) is 26.0 Å². The second-order valence-corrected chi connectivity index (χ2v) is 4.82. The van der Waals surface area contributed by atoms with E-state index < -0.39 is 0 Å². The Hall–Kier alpha value is -2.34. The van der Waals surface area contributed by atoms with Crippen molar-refractivity contribution in [1.82, 2.24) is 5.32 Å². The zero-order valence-corrected chi connectivity index (χ0v) is 12.3. The Balaban J connectivity index is 1.89. The molecule has 3 N–H and O–H groups in total. The highest BCUT2D eigenvalue weighted by atomic mass is 19.1. The van der Waals surface area contributed by atoms with Gasteiger partial charge in [0, 0.05) is 6.07 Å². The number of carbonyl (C=O) groups excluding carboxylic acids is 1. The van der Waals surface area contributed by atoms with E-state index in [1.165, 1.54) is 18.4 Å². The molecule has 0 radical (unpaired) electrons. The second kappa shape index (κ2) is 7.61. The normalized spacial score (nSPS) is 12.0. The SMILES string of the molecule is CCC(CNC(=O)c1coc(CN)c1)Oc1cccc(F)c1. The lowest BCUT2D eigenvalue weighted by Gasteiger charge is -2.18. The van der Waals surface area contributed by atoms with Crippen LogP contribution in [0.1, 0.15) is 29.5 Å². The number of carbonyl (C=O) groups is 1. The predicted octanol–water partition coefficient (Wildman–Crippen LogP) is 2.46. The molecule has 118 valence electrons. The Bertz CT molecular complexity index is 627. The van der Waals surface area contributed by atoms with Crippen LogP contribution in [0.4, 0.5) is 4.39 Å². The number of benzene rings is 1. The van der Waals surface area contributed by atoms with Gasteiger partial charge in [-0.2, -0.15) is 0 Å². The van der Waals surface area contributed by atoms with Gasteiger partial charge in [-0.25, -0.2) is 4.39 Å². The van der Waals surface area contributed by atoms with E-state index in [1.54, 1.807) is 18.2 Å². The van der Waals surface area contributed by atoms with Crippen molar-refractivity contribution >= 4 is 5.91 Å². The van der Waals surface area contributed by atoms with E-state index >= 15 is 0 Å². The molecular formula is C16H19FN2O3. The van der Waals surface area contributed by atoms with Crippen LogP contribution < -0.4 is 15.8 Å². The highest BCUT2D eigenvalue weighted by Gasteiger charge is 2.13. The summed E-state index contributed by atoms with van der Waals surface area (Å²) in [5.41, 5.74) is 5.85. The molecule has 22 heavy (non-hydrogen) atoms. The van der Waals surface area contributed by atoms with Crippen molar-refractivity contribution in [3.8, 4) is 5.75 Å². The molecule has 5 nitrogen and oxygen atoms in total. The molecule has 6 heteroatoms. The van der Waals surface area contributed by atoms with Crippen LogP contribution in [0.2, 0.25) is 0 Å². The van der Waals surface area contributed by atoms with Crippen LogP contribution in [-0.2, 0) is 6.54 Å². The lowest BCUT2D eigenvalue weighted by molar-refractivity contribution is 0.0925. The van der Waals surface area contributed by atoms with Gasteiger partial charge in [-0.15, -0.1) is 0 Å². The summed E-state index contributed by atoms with van der Waals surface area (Å²) in [5.74, 6) is 0.372. The molecule has 1 aromatic heterocycles. The molecule has 1 amide bonds. The number of amides is 1. The van der Waals surface area contributed by atoms with Gasteiger partial charge in [0.05, 0.1) is 18.7 Å². The molecule has 0 saturated heterocycles. The molecule has 2 rings (SSSR count). The molecule has 0 aliphatic heterocycles. The first kappa shape index (κ1) is 16.0. The van der Waals surface area contributed by atoms with E-state index in [4.69, 9.17) is 14.9 Å². The lowest BCUT2D eigenvalue weighted by atomic mass is 10.2. The van der Waals surface area contributed by atoms with Gasteiger partial charge in [-0.1, -0.05) is 13.0 Å². The maximum Gasteiger partial charge on any atom is 0.254 e. The standard InChI is InChI=1S/C16H19FN2O3/c1-2-13(22-14-5-3-4-12(17)7-14)9-19-16(20)11-6-15(8-18)21-10-11/h3-7,10,13H,2,8-9,18H2,1H3,(H,19,20). The quantitative estimate of drug-likeness (QED) is 0.824. The maximum absolute atomic E-state index is 13.1. The van der Waals surface area contributed by atoms with E-state index in [0.29, 0.717) is 30.0 Å². The number of furan rings is 1. The van der Waals surface area contributed by atoms with Gasteiger partial charge in [0.15, 0.2) is 0 Å². The summed E-state index contributed by atoms with van der Waals surface area (Å²) in [4.78, 5) is 12.0. The fourth-order valence-corrected chi connectivity index (χ4v) is 1.92. The maximum atomic E-state index is 13.1. The molecule has 0 spiro atoms. The fourth-order valence-electron chi connectivity index (χ4n) is 1.92. The van der Waals surface area contributed by atoms with Crippen molar-refractivity contribution in [3.63, 3.8) is 0 Å². The first-order chi connectivity index (χ1) is 10.6. The third kappa shape index (κ3) is 4.33. The average Bonchev–Trinajstić information content (AvgIpc) is 3.00. The minimum atomic E-state index is -0.357. The minimum absolute atomic E-state index is 0.244. The van der Waals surface area contributed by atoms with Gasteiger partial charge in [0.25, 0.3) is 5.91 Å². The molecule has 0 bridgehead atoms. The van der Waals surface area contributed by atoms with Crippen LogP contribution in [0.5, 0.6) is 5.75 Å². The number of hydrogen-bond acceptors (Lipinski definition) is 4. The summed E-state index contributed by atoms with van der Waals surface area (Å²) in [6.45, 7) is 2.49. The minimum Gasteiger partial charge on any atom is -0.489 e. The fraction of sp³-hybridized carbons (Fsp3) is 0.312. The van der Waals surface area contributed by atoms with Crippen molar-refractivity contribution < 1.29 is 18.3 Å². The average molecular weight is 306 g/mol. The number of ether oxygens (including phenoxy) is 1. The molecule has 0 aliphatic carbocycles. The Kier molecular flexibility index (Phi) is 5.55. The number of hydrogen-bond donors (Lipinski definition) is 2. The van der Waals surface area contributed by atoms with Crippen LogP contribution in [0.3, 0.4) is 0 Å². The van der Waals surface area contributed by atoms with Gasteiger partial charge in [-0.3, -0.25) is 4.79 Å². The molecular weight excluding hydrogens is 287 g/mol. The summed E-state index contributed by atoms with van der Waals surface area (Å²) >= 11 is 0. The molecule has 1 atom stereocenters. The van der Waals surface area contributed by atoms with Crippen molar-refractivity contribution in [1.29, 1.82) is 0 Å². The summed E-state index contributed by atoms with van der Waals surface area (Å²) in [7, 11) is 0. The molecule has 1 unspecified atom stereocenters. The Morgan fingerprint density at radius 3 is 2.91 bits per heavy atom.